The van der Waals surface area contributed by atoms with E-state index in [0.717, 1.165) is 11.1 Å². The molecule has 0 spiro atoms. The lowest BCUT2D eigenvalue weighted by Crippen LogP contribution is -2.37. The van der Waals surface area contributed by atoms with Gasteiger partial charge in [-0.3, -0.25) is 0 Å². The SMILES string of the molecule is CCN(CC(N)=S)S(=O)(=O)c1ccc(C)cc1C. The van der Waals surface area contributed by atoms with E-state index in [4.69, 9.17) is 18.0 Å². The molecule has 0 unspecified atom stereocenters. The third kappa shape index (κ3) is 3.28. The topological polar surface area (TPSA) is 63.4 Å². The van der Waals surface area contributed by atoms with Gasteiger partial charge in [-0.15, -0.1) is 0 Å². The summed E-state index contributed by atoms with van der Waals surface area (Å²) in [6.45, 7) is 5.89. The Hall–Kier alpha value is -0.980. The number of hydrogen-bond donors (Lipinski definition) is 1. The number of thiocarbonyl (C=S) groups is 1. The average molecular weight is 286 g/mol. The molecule has 0 amide bonds. The smallest absolute Gasteiger partial charge is 0.243 e. The van der Waals surface area contributed by atoms with Gasteiger partial charge in [0.1, 0.15) is 0 Å². The predicted molar refractivity (Wildman–Crippen MR) is 77.1 cm³/mol. The summed E-state index contributed by atoms with van der Waals surface area (Å²) >= 11 is 4.78. The molecule has 0 bridgehead atoms. The highest BCUT2D eigenvalue weighted by Crippen LogP contribution is 2.20. The number of benzene rings is 1. The standard InChI is InChI=1S/C12H18N2O2S2/c1-4-14(8-12(13)17)18(15,16)11-6-5-9(2)7-10(11)3/h5-7H,4,8H2,1-3H3,(H2,13,17). The summed E-state index contributed by atoms with van der Waals surface area (Å²) < 4.78 is 26.2. The first-order valence-electron chi connectivity index (χ1n) is 5.64. The minimum absolute atomic E-state index is 0.0709. The maximum absolute atomic E-state index is 12.4. The molecule has 0 heterocycles. The summed E-state index contributed by atoms with van der Waals surface area (Å²) in [7, 11) is -3.53. The van der Waals surface area contributed by atoms with Crippen molar-refractivity contribution in [2.24, 2.45) is 5.73 Å². The highest BCUT2D eigenvalue weighted by molar-refractivity contribution is 7.89. The molecular formula is C12H18N2O2S2. The van der Waals surface area contributed by atoms with Crippen LogP contribution in [0.2, 0.25) is 0 Å². The van der Waals surface area contributed by atoms with Crippen LogP contribution in [0.5, 0.6) is 0 Å². The van der Waals surface area contributed by atoms with E-state index in [9.17, 15) is 8.42 Å². The number of nitrogens with two attached hydrogens (primary N) is 1. The molecule has 0 aliphatic rings. The van der Waals surface area contributed by atoms with Gasteiger partial charge in [-0.1, -0.05) is 36.8 Å². The van der Waals surface area contributed by atoms with Crippen molar-refractivity contribution in [2.75, 3.05) is 13.1 Å². The molecule has 0 aliphatic carbocycles. The van der Waals surface area contributed by atoms with E-state index in [2.05, 4.69) is 0 Å². The van der Waals surface area contributed by atoms with Gasteiger partial charge < -0.3 is 5.73 Å². The van der Waals surface area contributed by atoms with Crippen LogP contribution in [0.25, 0.3) is 0 Å². The molecule has 0 fully saturated rings. The molecule has 0 radical (unpaired) electrons. The summed E-state index contributed by atoms with van der Waals surface area (Å²) in [4.78, 5) is 0.483. The van der Waals surface area contributed by atoms with Crippen molar-refractivity contribution >= 4 is 27.2 Å². The number of likely N-dealkylation sites (N-methyl/N-ethyl adjacent to an activating group) is 1. The molecule has 0 atom stereocenters. The van der Waals surface area contributed by atoms with Crippen LogP contribution >= 0.6 is 12.2 Å². The van der Waals surface area contributed by atoms with Crippen LogP contribution in [-0.2, 0) is 10.0 Å². The second kappa shape index (κ2) is 5.77. The minimum Gasteiger partial charge on any atom is -0.392 e. The molecule has 100 valence electrons. The fourth-order valence-corrected chi connectivity index (χ4v) is 3.64. The van der Waals surface area contributed by atoms with E-state index >= 15 is 0 Å². The highest BCUT2D eigenvalue weighted by atomic mass is 32.2. The Morgan fingerprint density at radius 3 is 2.44 bits per heavy atom. The lowest BCUT2D eigenvalue weighted by atomic mass is 10.2. The Morgan fingerprint density at radius 1 is 1.39 bits per heavy atom. The van der Waals surface area contributed by atoms with Gasteiger partial charge in [-0.25, -0.2) is 8.42 Å². The number of sulfonamides is 1. The van der Waals surface area contributed by atoms with E-state index in [1.165, 1.54) is 4.31 Å². The van der Waals surface area contributed by atoms with Crippen LogP contribution in [0.15, 0.2) is 23.1 Å². The van der Waals surface area contributed by atoms with Crippen molar-refractivity contribution in [1.29, 1.82) is 0 Å². The van der Waals surface area contributed by atoms with Crippen molar-refractivity contribution in [1.82, 2.24) is 4.31 Å². The fourth-order valence-electron chi connectivity index (χ4n) is 1.77. The number of aryl methyl sites for hydroxylation is 2. The van der Waals surface area contributed by atoms with E-state index in [1.54, 1.807) is 26.0 Å². The molecular weight excluding hydrogens is 268 g/mol. The lowest BCUT2D eigenvalue weighted by molar-refractivity contribution is 0.467. The van der Waals surface area contributed by atoms with E-state index in [1.807, 2.05) is 13.0 Å². The highest BCUT2D eigenvalue weighted by Gasteiger charge is 2.24. The monoisotopic (exact) mass is 286 g/mol. The quantitative estimate of drug-likeness (QED) is 0.835. The summed E-state index contributed by atoms with van der Waals surface area (Å²) in [5.41, 5.74) is 7.20. The fraction of sp³-hybridized carbons (Fsp3) is 0.417. The second-order valence-electron chi connectivity index (χ2n) is 4.17. The van der Waals surface area contributed by atoms with Gasteiger partial charge in [0.25, 0.3) is 0 Å². The number of nitrogens with zero attached hydrogens (tertiary/aromatic N) is 1. The molecule has 1 rings (SSSR count). The maximum Gasteiger partial charge on any atom is 0.243 e. The van der Waals surface area contributed by atoms with Gasteiger partial charge >= 0.3 is 0 Å². The van der Waals surface area contributed by atoms with Gasteiger partial charge in [0.2, 0.25) is 10.0 Å². The normalized spacial score (nSPS) is 11.8. The first-order chi connectivity index (χ1) is 8.28. The van der Waals surface area contributed by atoms with Crippen LogP contribution in [0.1, 0.15) is 18.1 Å². The predicted octanol–water partition coefficient (Wildman–Crippen LogP) is 1.60. The zero-order chi connectivity index (χ0) is 13.9. The van der Waals surface area contributed by atoms with Crippen LogP contribution in [-0.4, -0.2) is 30.8 Å². The van der Waals surface area contributed by atoms with Crippen molar-refractivity contribution in [2.45, 2.75) is 25.7 Å². The largest absolute Gasteiger partial charge is 0.392 e. The second-order valence-corrected chi connectivity index (χ2v) is 6.60. The number of rotatable bonds is 5. The third-order valence-corrected chi connectivity index (χ3v) is 4.84. The number of hydrogen-bond acceptors (Lipinski definition) is 3. The molecule has 18 heavy (non-hydrogen) atoms. The van der Waals surface area contributed by atoms with E-state index in [-0.39, 0.29) is 11.5 Å². The zero-order valence-electron chi connectivity index (χ0n) is 10.8. The van der Waals surface area contributed by atoms with Gasteiger partial charge in [0.15, 0.2) is 0 Å². The molecule has 2 N–H and O–H groups in total. The van der Waals surface area contributed by atoms with Gasteiger partial charge in [0, 0.05) is 6.54 Å². The summed E-state index contributed by atoms with van der Waals surface area (Å²) in [6.07, 6.45) is 0. The molecule has 0 saturated heterocycles. The van der Waals surface area contributed by atoms with Crippen LogP contribution in [0.3, 0.4) is 0 Å². The van der Waals surface area contributed by atoms with Crippen LogP contribution in [0.4, 0.5) is 0 Å². The van der Waals surface area contributed by atoms with E-state index < -0.39 is 10.0 Å². The summed E-state index contributed by atoms with van der Waals surface area (Å²) in [6, 6.07) is 5.26. The summed E-state index contributed by atoms with van der Waals surface area (Å²) in [5, 5.41) is 0. The molecule has 0 aromatic heterocycles. The zero-order valence-corrected chi connectivity index (χ0v) is 12.4. The third-order valence-electron chi connectivity index (χ3n) is 2.63. The molecule has 1 aromatic carbocycles. The van der Waals surface area contributed by atoms with Gasteiger partial charge in [0.05, 0.1) is 16.4 Å². The molecule has 0 saturated carbocycles. The Balaban J connectivity index is 3.23. The molecule has 6 heteroatoms. The van der Waals surface area contributed by atoms with Crippen molar-refractivity contribution in [3.8, 4) is 0 Å². The Kier molecular flexibility index (Phi) is 4.84. The van der Waals surface area contributed by atoms with Crippen molar-refractivity contribution in [3.63, 3.8) is 0 Å². The van der Waals surface area contributed by atoms with Crippen molar-refractivity contribution in [3.05, 3.63) is 29.3 Å². The van der Waals surface area contributed by atoms with E-state index in [0.29, 0.717) is 11.4 Å². The first-order valence-corrected chi connectivity index (χ1v) is 7.49. The maximum atomic E-state index is 12.4. The molecule has 4 nitrogen and oxygen atoms in total. The van der Waals surface area contributed by atoms with Gasteiger partial charge in [-0.05, 0) is 25.5 Å². The van der Waals surface area contributed by atoms with Crippen LogP contribution in [0, 0.1) is 13.8 Å². The summed E-state index contributed by atoms with van der Waals surface area (Å²) in [5.74, 6) is 0. The minimum atomic E-state index is -3.53. The van der Waals surface area contributed by atoms with Crippen LogP contribution < -0.4 is 5.73 Å². The van der Waals surface area contributed by atoms with Crippen molar-refractivity contribution < 1.29 is 8.42 Å². The Labute approximate surface area is 114 Å². The lowest BCUT2D eigenvalue weighted by Gasteiger charge is -2.21. The molecule has 0 aliphatic heterocycles. The average Bonchev–Trinajstić information content (AvgIpc) is 2.24. The Morgan fingerprint density at radius 2 is 2.00 bits per heavy atom. The Bertz CT molecular complexity index is 553. The first kappa shape index (κ1) is 15.1. The molecule has 1 aromatic rings. The van der Waals surface area contributed by atoms with Gasteiger partial charge in [-0.2, -0.15) is 4.31 Å².